The number of amides is 1. The van der Waals surface area contributed by atoms with Crippen molar-refractivity contribution in [3.05, 3.63) is 59.7 Å². The van der Waals surface area contributed by atoms with E-state index in [9.17, 15) is 9.18 Å². The lowest BCUT2D eigenvalue weighted by Gasteiger charge is -2.35. The van der Waals surface area contributed by atoms with Gasteiger partial charge in [0, 0.05) is 37.8 Å². The summed E-state index contributed by atoms with van der Waals surface area (Å²) in [6.07, 6.45) is 3.59. The number of hydrogen-bond acceptors (Lipinski definition) is 3. The number of carbonyl (C=O) groups excluding carboxylic acids is 1. The van der Waals surface area contributed by atoms with E-state index in [1.165, 1.54) is 12.1 Å². The van der Waals surface area contributed by atoms with Gasteiger partial charge in [-0.2, -0.15) is 0 Å². The van der Waals surface area contributed by atoms with Gasteiger partial charge < -0.3 is 18.8 Å². The molecule has 1 aliphatic heterocycles. The average Bonchev–Trinajstić information content (AvgIpc) is 3.25. The molecule has 1 fully saturated rings. The van der Waals surface area contributed by atoms with E-state index < -0.39 is 0 Å². The van der Waals surface area contributed by atoms with Crippen LogP contribution in [0.2, 0.25) is 0 Å². The smallest absolute Gasteiger partial charge is 0.270 e. The van der Waals surface area contributed by atoms with Crippen LogP contribution >= 0.6 is 0 Å². The third-order valence-electron chi connectivity index (χ3n) is 5.48. The zero-order valence-electron chi connectivity index (χ0n) is 15.7. The number of rotatable bonds is 4. The molecule has 3 aromatic rings. The molecule has 0 N–H and O–H groups in total. The molecule has 0 atom stereocenters. The molecule has 142 valence electrons. The number of carbonyl (C=O) groups is 1. The van der Waals surface area contributed by atoms with Crippen LogP contribution in [0, 0.1) is 5.82 Å². The highest BCUT2D eigenvalue weighted by atomic mass is 19.1. The first kappa shape index (κ1) is 17.8. The summed E-state index contributed by atoms with van der Waals surface area (Å²) in [5.74, 6) is -0.236. The molecule has 0 unspecified atom stereocenters. The Morgan fingerprint density at radius 3 is 2.56 bits per heavy atom. The Kier molecular flexibility index (Phi) is 4.74. The minimum Gasteiger partial charge on any atom is -0.463 e. The molecule has 6 heteroatoms. The van der Waals surface area contributed by atoms with E-state index in [1.54, 1.807) is 18.4 Å². The second kappa shape index (κ2) is 7.19. The number of piperidine rings is 1. The lowest BCUT2D eigenvalue weighted by molar-refractivity contribution is 0.0653. The van der Waals surface area contributed by atoms with Crippen molar-refractivity contribution in [2.24, 2.45) is 0 Å². The molecule has 1 aromatic carbocycles. The molecule has 0 radical (unpaired) electrons. The molecular formula is C21H24FN3O2. The molecule has 0 saturated carbocycles. The summed E-state index contributed by atoms with van der Waals surface area (Å²) in [7, 11) is 4.18. The molecular weight excluding hydrogens is 345 g/mol. The quantitative estimate of drug-likeness (QED) is 0.706. The Hall–Kier alpha value is -2.60. The summed E-state index contributed by atoms with van der Waals surface area (Å²) < 4.78 is 20.7. The van der Waals surface area contributed by atoms with Gasteiger partial charge >= 0.3 is 0 Å². The minimum absolute atomic E-state index is 0.0284. The largest absolute Gasteiger partial charge is 0.463 e. The average molecular weight is 369 g/mol. The molecule has 0 spiro atoms. The maximum atomic E-state index is 13.2. The lowest BCUT2D eigenvalue weighted by atomic mass is 10.0. The van der Waals surface area contributed by atoms with Crippen LogP contribution in [0.1, 0.15) is 28.9 Å². The summed E-state index contributed by atoms with van der Waals surface area (Å²) in [6, 6.07) is 10.6. The van der Waals surface area contributed by atoms with E-state index in [-0.39, 0.29) is 11.7 Å². The normalized spacial score (nSPS) is 15.8. The Balaban J connectivity index is 1.60. The summed E-state index contributed by atoms with van der Waals surface area (Å²) in [4.78, 5) is 17.4. The first-order chi connectivity index (χ1) is 13.0. The number of aromatic nitrogens is 1. The fourth-order valence-electron chi connectivity index (χ4n) is 3.84. The predicted octanol–water partition coefficient (Wildman–Crippen LogP) is 3.59. The van der Waals surface area contributed by atoms with Gasteiger partial charge in [-0.1, -0.05) is 12.1 Å². The van der Waals surface area contributed by atoms with E-state index in [1.807, 2.05) is 21.6 Å². The molecule has 0 bridgehead atoms. The second-order valence-electron chi connectivity index (χ2n) is 7.40. The summed E-state index contributed by atoms with van der Waals surface area (Å²) in [5, 5.41) is 0. The van der Waals surface area contributed by atoms with Crippen LogP contribution in [0.25, 0.3) is 11.1 Å². The van der Waals surface area contributed by atoms with Crippen molar-refractivity contribution < 1.29 is 13.6 Å². The number of benzene rings is 1. The van der Waals surface area contributed by atoms with Gasteiger partial charge in [0.1, 0.15) is 11.5 Å². The van der Waals surface area contributed by atoms with Crippen LogP contribution < -0.4 is 0 Å². The van der Waals surface area contributed by atoms with Crippen molar-refractivity contribution in [1.29, 1.82) is 0 Å². The molecule has 5 nitrogen and oxygen atoms in total. The third kappa shape index (κ3) is 3.49. The van der Waals surface area contributed by atoms with Gasteiger partial charge in [-0.25, -0.2) is 4.39 Å². The van der Waals surface area contributed by atoms with Gasteiger partial charge in [0.15, 0.2) is 5.58 Å². The number of nitrogens with zero attached hydrogens (tertiary/aromatic N) is 3. The molecule has 1 amide bonds. The van der Waals surface area contributed by atoms with Crippen LogP contribution in [0.5, 0.6) is 0 Å². The zero-order valence-corrected chi connectivity index (χ0v) is 15.7. The van der Waals surface area contributed by atoms with Gasteiger partial charge in [-0.3, -0.25) is 4.79 Å². The Morgan fingerprint density at radius 1 is 1.19 bits per heavy atom. The highest BCUT2D eigenvalue weighted by molar-refractivity contribution is 5.97. The van der Waals surface area contributed by atoms with Crippen LogP contribution in [-0.2, 0) is 6.54 Å². The van der Waals surface area contributed by atoms with Gasteiger partial charge in [-0.05, 0) is 44.6 Å². The van der Waals surface area contributed by atoms with E-state index in [0.29, 0.717) is 23.9 Å². The van der Waals surface area contributed by atoms with Crippen molar-refractivity contribution >= 4 is 17.0 Å². The standard InChI is InChI=1S/C21H24FN3O2/c1-23(2)17-7-10-24(11-8-17)21(26)19-13-20-18(9-12-27-20)25(19)14-15-3-5-16(22)6-4-15/h3-6,9,12-13,17H,7-8,10-11,14H2,1-2H3. The fraction of sp³-hybridized carbons (Fsp3) is 0.381. The maximum Gasteiger partial charge on any atom is 0.270 e. The highest BCUT2D eigenvalue weighted by Crippen LogP contribution is 2.25. The van der Waals surface area contributed by atoms with Gasteiger partial charge in [0.25, 0.3) is 5.91 Å². The van der Waals surface area contributed by atoms with Gasteiger partial charge in [0.2, 0.25) is 0 Å². The topological polar surface area (TPSA) is 41.6 Å². The molecule has 1 aliphatic rings. The summed E-state index contributed by atoms with van der Waals surface area (Å²) in [5.41, 5.74) is 3.14. The molecule has 3 heterocycles. The van der Waals surface area contributed by atoms with Crippen molar-refractivity contribution in [3.63, 3.8) is 0 Å². The van der Waals surface area contributed by atoms with Crippen LogP contribution in [0.4, 0.5) is 4.39 Å². The molecule has 2 aromatic heterocycles. The van der Waals surface area contributed by atoms with Crippen molar-refractivity contribution in [2.45, 2.75) is 25.4 Å². The zero-order chi connectivity index (χ0) is 19.0. The Labute approximate surface area is 158 Å². The first-order valence-electron chi connectivity index (χ1n) is 9.30. The van der Waals surface area contributed by atoms with Crippen LogP contribution in [0.3, 0.4) is 0 Å². The number of hydrogen-bond donors (Lipinski definition) is 0. The Morgan fingerprint density at radius 2 is 1.89 bits per heavy atom. The summed E-state index contributed by atoms with van der Waals surface area (Å²) in [6.45, 7) is 2.01. The SMILES string of the molecule is CN(C)C1CCN(C(=O)c2cc3occc3n2Cc2ccc(F)cc2)CC1. The predicted molar refractivity (Wildman–Crippen MR) is 102 cm³/mol. The molecule has 0 aliphatic carbocycles. The number of furan rings is 1. The summed E-state index contributed by atoms with van der Waals surface area (Å²) >= 11 is 0. The van der Waals surface area contributed by atoms with E-state index in [2.05, 4.69) is 19.0 Å². The number of fused-ring (bicyclic) bond motifs is 1. The van der Waals surface area contributed by atoms with E-state index >= 15 is 0 Å². The molecule has 4 rings (SSSR count). The number of halogens is 1. The third-order valence-corrected chi connectivity index (χ3v) is 5.48. The minimum atomic E-state index is -0.264. The van der Waals surface area contributed by atoms with E-state index in [4.69, 9.17) is 4.42 Å². The maximum absolute atomic E-state index is 13.2. The Bertz CT molecular complexity index is 934. The van der Waals surface area contributed by atoms with Crippen molar-refractivity contribution in [3.8, 4) is 0 Å². The monoisotopic (exact) mass is 369 g/mol. The van der Waals surface area contributed by atoms with Crippen molar-refractivity contribution in [1.82, 2.24) is 14.4 Å². The fourth-order valence-corrected chi connectivity index (χ4v) is 3.84. The molecule has 1 saturated heterocycles. The second-order valence-corrected chi connectivity index (χ2v) is 7.40. The van der Waals surface area contributed by atoms with E-state index in [0.717, 1.165) is 37.0 Å². The number of likely N-dealkylation sites (tertiary alicyclic amines) is 1. The van der Waals surface area contributed by atoms with Crippen molar-refractivity contribution in [2.75, 3.05) is 27.2 Å². The highest BCUT2D eigenvalue weighted by Gasteiger charge is 2.27. The molecule has 27 heavy (non-hydrogen) atoms. The van der Waals surface area contributed by atoms with Crippen LogP contribution in [-0.4, -0.2) is 53.5 Å². The lowest BCUT2D eigenvalue weighted by Crippen LogP contribution is -2.44. The first-order valence-corrected chi connectivity index (χ1v) is 9.30. The van der Waals surface area contributed by atoms with Gasteiger partial charge in [0.05, 0.1) is 11.8 Å². The van der Waals surface area contributed by atoms with Gasteiger partial charge in [-0.15, -0.1) is 0 Å². The van der Waals surface area contributed by atoms with Crippen LogP contribution in [0.15, 0.2) is 47.1 Å².